The molecule has 0 saturated carbocycles. The van der Waals surface area contributed by atoms with E-state index in [0.717, 1.165) is 38.8 Å². The normalized spacial score (nSPS) is 20.0. The number of hydrogen-bond acceptors (Lipinski definition) is 3. The third-order valence-electron chi connectivity index (χ3n) is 4.04. The number of carbonyl (C=O) groups excluding carboxylic acids is 1. The standard InChI is InChI=1S/C15H31N3O.ClH/c1-4-6-10-18-11-7-13(8-12-18)17-14(19)15(3,16)9-5-2;/h13H,4-12,16H2,1-3H3,(H,17,19);1H. The van der Waals surface area contributed by atoms with Crippen LogP contribution in [0.2, 0.25) is 0 Å². The zero-order valence-corrected chi connectivity index (χ0v) is 14.1. The lowest BCUT2D eigenvalue weighted by molar-refractivity contribution is -0.127. The van der Waals surface area contributed by atoms with Gasteiger partial charge in [-0.3, -0.25) is 4.79 Å². The molecule has 1 rings (SSSR count). The molecule has 0 aromatic rings. The summed E-state index contributed by atoms with van der Waals surface area (Å²) < 4.78 is 0. The number of carbonyl (C=O) groups is 1. The van der Waals surface area contributed by atoms with E-state index in [1.54, 1.807) is 0 Å². The molecule has 120 valence electrons. The van der Waals surface area contributed by atoms with E-state index in [1.807, 2.05) is 6.92 Å². The predicted molar refractivity (Wildman–Crippen MR) is 87.3 cm³/mol. The summed E-state index contributed by atoms with van der Waals surface area (Å²) in [4.78, 5) is 14.6. The number of hydrogen-bond donors (Lipinski definition) is 2. The summed E-state index contributed by atoms with van der Waals surface area (Å²) in [5.41, 5.74) is 5.34. The van der Waals surface area contributed by atoms with E-state index >= 15 is 0 Å². The summed E-state index contributed by atoms with van der Waals surface area (Å²) in [5, 5.41) is 3.13. The molecular weight excluding hydrogens is 274 g/mol. The molecule has 1 aliphatic rings. The van der Waals surface area contributed by atoms with Gasteiger partial charge in [0.25, 0.3) is 0 Å². The molecule has 0 radical (unpaired) electrons. The van der Waals surface area contributed by atoms with Crippen LogP contribution in [0.25, 0.3) is 0 Å². The maximum atomic E-state index is 12.1. The van der Waals surface area contributed by atoms with Crippen LogP contribution in [-0.4, -0.2) is 42.0 Å². The van der Waals surface area contributed by atoms with Crippen LogP contribution >= 0.6 is 12.4 Å². The number of piperidine rings is 1. The number of nitrogens with two attached hydrogens (primary N) is 1. The van der Waals surface area contributed by atoms with Crippen molar-refractivity contribution in [2.75, 3.05) is 19.6 Å². The Morgan fingerprint density at radius 2 is 1.90 bits per heavy atom. The van der Waals surface area contributed by atoms with Crippen LogP contribution in [0, 0.1) is 0 Å². The number of unbranched alkanes of at least 4 members (excludes halogenated alkanes) is 1. The van der Waals surface area contributed by atoms with E-state index in [1.165, 1.54) is 19.4 Å². The van der Waals surface area contributed by atoms with Gasteiger partial charge >= 0.3 is 0 Å². The van der Waals surface area contributed by atoms with Crippen molar-refractivity contribution >= 4 is 18.3 Å². The second-order valence-corrected chi connectivity index (χ2v) is 6.11. The summed E-state index contributed by atoms with van der Waals surface area (Å²) in [6.07, 6.45) is 6.31. The lowest BCUT2D eigenvalue weighted by Crippen LogP contribution is -2.55. The van der Waals surface area contributed by atoms with Gasteiger partial charge in [0.2, 0.25) is 5.91 Å². The van der Waals surface area contributed by atoms with Gasteiger partial charge in [-0.15, -0.1) is 12.4 Å². The van der Waals surface area contributed by atoms with Gasteiger partial charge < -0.3 is 16.0 Å². The highest BCUT2D eigenvalue weighted by Crippen LogP contribution is 2.14. The Hall–Kier alpha value is -0.320. The average molecular weight is 306 g/mol. The number of likely N-dealkylation sites (tertiary alicyclic amines) is 1. The molecule has 0 aromatic heterocycles. The van der Waals surface area contributed by atoms with Crippen LogP contribution in [-0.2, 0) is 4.79 Å². The monoisotopic (exact) mass is 305 g/mol. The SMILES string of the molecule is CCCCN1CCC(NC(=O)C(C)(N)CCC)CC1.Cl. The number of halogens is 1. The van der Waals surface area contributed by atoms with Gasteiger partial charge in [0.05, 0.1) is 5.54 Å². The molecule has 3 N–H and O–H groups in total. The maximum Gasteiger partial charge on any atom is 0.240 e. The minimum atomic E-state index is -0.714. The summed E-state index contributed by atoms with van der Waals surface area (Å²) in [6.45, 7) is 9.51. The smallest absolute Gasteiger partial charge is 0.240 e. The van der Waals surface area contributed by atoms with E-state index in [9.17, 15) is 4.79 Å². The highest BCUT2D eigenvalue weighted by molar-refractivity contribution is 5.86. The molecule has 1 saturated heterocycles. The van der Waals surface area contributed by atoms with Gasteiger partial charge in [-0.2, -0.15) is 0 Å². The molecule has 1 atom stereocenters. The van der Waals surface area contributed by atoms with Crippen LogP contribution in [0.1, 0.15) is 59.3 Å². The first-order valence-electron chi connectivity index (χ1n) is 7.81. The quantitative estimate of drug-likeness (QED) is 0.759. The van der Waals surface area contributed by atoms with E-state index in [2.05, 4.69) is 24.1 Å². The minimum absolute atomic E-state index is 0. The highest BCUT2D eigenvalue weighted by Gasteiger charge is 2.30. The van der Waals surface area contributed by atoms with Gasteiger partial charge in [0.15, 0.2) is 0 Å². The fraction of sp³-hybridized carbons (Fsp3) is 0.933. The minimum Gasteiger partial charge on any atom is -0.352 e. The Balaban J connectivity index is 0.00000361. The largest absolute Gasteiger partial charge is 0.352 e. The summed E-state index contributed by atoms with van der Waals surface area (Å²) in [7, 11) is 0. The molecule has 5 heteroatoms. The second-order valence-electron chi connectivity index (χ2n) is 6.11. The summed E-state index contributed by atoms with van der Waals surface area (Å²) in [5.74, 6) is 0.0151. The van der Waals surface area contributed by atoms with Crippen molar-refractivity contribution in [1.82, 2.24) is 10.2 Å². The van der Waals surface area contributed by atoms with Crippen molar-refractivity contribution in [3.8, 4) is 0 Å². The molecule has 0 bridgehead atoms. The number of amides is 1. The first-order valence-corrected chi connectivity index (χ1v) is 7.81. The van der Waals surface area contributed by atoms with Crippen LogP contribution in [0.5, 0.6) is 0 Å². The molecule has 0 aliphatic carbocycles. The fourth-order valence-electron chi connectivity index (χ4n) is 2.67. The van der Waals surface area contributed by atoms with Gasteiger partial charge in [-0.1, -0.05) is 26.7 Å². The van der Waals surface area contributed by atoms with E-state index in [-0.39, 0.29) is 18.3 Å². The van der Waals surface area contributed by atoms with Crippen molar-refractivity contribution in [2.24, 2.45) is 5.73 Å². The van der Waals surface area contributed by atoms with Gasteiger partial charge in [-0.25, -0.2) is 0 Å². The Morgan fingerprint density at radius 1 is 1.30 bits per heavy atom. The Morgan fingerprint density at radius 3 is 2.40 bits per heavy atom. The van der Waals surface area contributed by atoms with Crippen LogP contribution in [0.15, 0.2) is 0 Å². The molecule has 1 aliphatic heterocycles. The van der Waals surface area contributed by atoms with Crippen molar-refractivity contribution in [3.05, 3.63) is 0 Å². The number of nitrogens with zero attached hydrogens (tertiary/aromatic N) is 1. The van der Waals surface area contributed by atoms with E-state index in [0.29, 0.717) is 6.04 Å². The van der Waals surface area contributed by atoms with E-state index < -0.39 is 5.54 Å². The number of nitrogens with one attached hydrogen (secondary N) is 1. The van der Waals surface area contributed by atoms with Crippen LogP contribution in [0.3, 0.4) is 0 Å². The molecule has 1 heterocycles. The lowest BCUT2D eigenvalue weighted by Gasteiger charge is -2.34. The second kappa shape index (κ2) is 9.59. The zero-order valence-electron chi connectivity index (χ0n) is 13.3. The molecule has 0 spiro atoms. The van der Waals surface area contributed by atoms with Gasteiger partial charge in [0, 0.05) is 19.1 Å². The Bertz CT molecular complexity index is 276. The maximum absolute atomic E-state index is 12.1. The van der Waals surface area contributed by atoms with Gasteiger partial charge in [-0.05, 0) is 39.2 Å². The highest BCUT2D eigenvalue weighted by atomic mass is 35.5. The van der Waals surface area contributed by atoms with Crippen molar-refractivity contribution < 1.29 is 4.79 Å². The lowest BCUT2D eigenvalue weighted by atomic mass is 9.95. The molecular formula is C15H32ClN3O. The Kier molecular flexibility index (Phi) is 9.43. The molecule has 20 heavy (non-hydrogen) atoms. The predicted octanol–water partition coefficient (Wildman–Crippen LogP) is 2.31. The van der Waals surface area contributed by atoms with Crippen LogP contribution in [0.4, 0.5) is 0 Å². The topological polar surface area (TPSA) is 58.4 Å². The average Bonchev–Trinajstić information content (AvgIpc) is 2.38. The summed E-state index contributed by atoms with van der Waals surface area (Å²) in [6, 6.07) is 0.310. The van der Waals surface area contributed by atoms with Gasteiger partial charge in [0.1, 0.15) is 0 Å². The number of rotatable bonds is 7. The third-order valence-corrected chi connectivity index (χ3v) is 4.04. The fourth-order valence-corrected chi connectivity index (χ4v) is 2.67. The molecule has 1 unspecified atom stereocenters. The van der Waals surface area contributed by atoms with E-state index in [4.69, 9.17) is 5.73 Å². The molecule has 0 aromatic carbocycles. The van der Waals surface area contributed by atoms with Crippen molar-refractivity contribution in [1.29, 1.82) is 0 Å². The molecule has 1 fully saturated rings. The Labute approximate surface area is 130 Å². The molecule has 4 nitrogen and oxygen atoms in total. The van der Waals surface area contributed by atoms with Crippen LogP contribution < -0.4 is 11.1 Å². The summed E-state index contributed by atoms with van der Waals surface area (Å²) >= 11 is 0. The van der Waals surface area contributed by atoms with Crippen molar-refractivity contribution in [2.45, 2.75) is 70.9 Å². The van der Waals surface area contributed by atoms with Crippen molar-refractivity contribution in [3.63, 3.8) is 0 Å². The third kappa shape index (κ3) is 6.42. The molecule has 1 amide bonds. The zero-order chi connectivity index (χ0) is 14.3. The first-order chi connectivity index (χ1) is 8.99. The first kappa shape index (κ1) is 19.7.